The number of carbonyl (C=O) groups is 1. The first-order valence-electron chi connectivity index (χ1n) is 29.1. The van der Waals surface area contributed by atoms with E-state index >= 15 is 0 Å². The molecule has 0 bridgehead atoms. The van der Waals surface area contributed by atoms with Crippen LogP contribution in [0, 0.1) is 0 Å². The predicted octanol–water partition coefficient (Wildman–Crippen LogP) is 12.0. The van der Waals surface area contributed by atoms with Crippen LogP contribution in [0.3, 0.4) is 0 Å². The molecule has 11 nitrogen and oxygen atoms in total. The van der Waals surface area contributed by atoms with E-state index < -0.39 is 74.2 Å². The van der Waals surface area contributed by atoms with Gasteiger partial charge in [0.2, 0.25) is 5.91 Å². The second-order valence-corrected chi connectivity index (χ2v) is 20.7. The molecule has 1 saturated heterocycles. The highest BCUT2D eigenvalue weighted by Gasteiger charge is 2.44. The molecule has 1 amide bonds. The minimum absolute atomic E-state index is 0.263. The maximum Gasteiger partial charge on any atom is 0.249 e. The number of nitrogens with one attached hydrogen (secondary N) is 1. The minimum atomic E-state index is -1.66. The summed E-state index contributed by atoms with van der Waals surface area (Å²) >= 11 is 0. The molecule has 8 N–H and O–H groups in total. The van der Waals surface area contributed by atoms with Gasteiger partial charge in [0.15, 0.2) is 6.29 Å². The maximum absolute atomic E-state index is 13.0. The normalized spacial score (nSPS) is 20.5. The number of hydrogen-bond acceptors (Lipinski definition) is 10. The summed E-state index contributed by atoms with van der Waals surface area (Å²) in [4.78, 5) is 13.0. The van der Waals surface area contributed by atoms with Gasteiger partial charge in [0.25, 0.3) is 0 Å². The van der Waals surface area contributed by atoms with Crippen molar-refractivity contribution in [3.05, 3.63) is 12.2 Å². The number of amides is 1. The van der Waals surface area contributed by atoms with Crippen LogP contribution in [0.15, 0.2) is 12.2 Å². The fourth-order valence-electron chi connectivity index (χ4n) is 9.56. The van der Waals surface area contributed by atoms with E-state index in [1.807, 2.05) is 0 Å². The molecule has 0 aromatic heterocycles. The molecule has 0 saturated carbocycles. The van der Waals surface area contributed by atoms with Crippen LogP contribution >= 0.6 is 0 Å². The molecule has 1 heterocycles. The molecule has 1 rings (SSSR count). The highest BCUT2D eigenvalue weighted by Crippen LogP contribution is 2.23. The molecule has 0 aliphatic carbocycles. The van der Waals surface area contributed by atoms with Crippen molar-refractivity contribution < 1.29 is 50.0 Å². The molecule has 404 valence electrons. The molecule has 9 atom stereocenters. The first-order valence-corrected chi connectivity index (χ1v) is 29.1. The van der Waals surface area contributed by atoms with Gasteiger partial charge in [-0.15, -0.1) is 0 Å². The summed E-state index contributed by atoms with van der Waals surface area (Å²) in [6.07, 6.45) is 43.8. The summed E-state index contributed by atoms with van der Waals surface area (Å²) in [5.41, 5.74) is 0. The van der Waals surface area contributed by atoms with Crippen molar-refractivity contribution in [2.45, 2.75) is 332 Å². The molecule has 0 radical (unpaired) electrons. The summed E-state index contributed by atoms with van der Waals surface area (Å²) in [5.74, 6) is -0.699. The number of hydrogen-bond donors (Lipinski definition) is 8. The molecular weight excluding hydrogens is 859 g/mol. The van der Waals surface area contributed by atoms with Gasteiger partial charge in [-0.25, -0.2) is 0 Å². The quantitative estimate of drug-likeness (QED) is 0.0215. The Morgan fingerprint density at radius 3 is 1.24 bits per heavy atom. The minimum Gasteiger partial charge on any atom is -0.394 e. The van der Waals surface area contributed by atoms with E-state index in [2.05, 4.69) is 31.3 Å². The van der Waals surface area contributed by atoms with Crippen LogP contribution in [0.1, 0.15) is 277 Å². The van der Waals surface area contributed by atoms with E-state index in [0.717, 1.165) is 44.9 Å². The topological polar surface area (TPSA) is 189 Å². The van der Waals surface area contributed by atoms with E-state index in [4.69, 9.17) is 9.47 Å². The maximum atomic E-state index is 13.0. The summed E-state index contributed by atoms with van der Waals surface area (Å²) in [6.45, 7) is 3.35. The Morgan fingerprint density at radius 2 is 0.853 bits per heavy atom. The number of unbranched alkanes of at least 4 members (excludes halogenated alkanes) is 36. The largest absolute Gasteiger partial charge is 0.394 e. The zero-order valence-electron chi connectivity index (χ0n) is 44.1. The van der Waals surface area contributed by atoms with Crippen LogP contribution in [0.5, 0.6) is 0 Å². The van der Waals surface area contributed by atoms with Crippen molar-refractivity contribution in [1.29, 1.82) is 0 Å². The van der Waals surface area contributed by atoms with E-state index in [1.54, 1.807) is 0 Å². The van der Waals surface area contributed by atoms with Gasteiger partial charge in [-0.1, -0.05) is 251 Å². The van der Waals surface area contributed by atoms with E-state index in [9.17, 15) is 40.5 Å². The Kier molecular flexibility index (Phi) is 44.7. The van der Waals surface area contributed by atoms with Crippen LogP contribution in [0.2, 0.25) is 0 Å². The first kappa shape index (κ1) is 64.9. The fraction of sp³-hybridized carbons (Fsp3) is 0.947. The summed E-state index contributed by atoms with van der Waals surface area (Å²) in [6, 6.07) is -1.16. The van der Waals surface area contributed by atoms with Crippen molar-refractivity contribution in [1.82, 2.24) is 5.32 Å². The molecule has 0 aromatic rings. The van der Waals surface area contributed by atoms with Gasteiger partial charge in [-0.2, -0.15) is 0 Å². The Bertz CT molecular complexity index is 1110. The van der Waals surface area contributed by atoms with Crippen LogP contribution < -0.4 is 5.32 Å². The molecule has 9 unspecified atom stereocenters. The molecule has 68 heavy (non-hydrogen) atoms. The van der Waals surface area contributed by atoms with Crippen LogP contribution in [0.4, 0.5) is 0 Å². The number of aliphatic hydroxyl groups excluding tert-OH is 7. The molecule has 0 aromatic carbocycles. The summed E-state index contributed by atoms with van der Waals surface area (Å²) in [5, 5.41) is 75.3. The van der Waals surface area contributed by atoms with E-state index in [0.29, 0.717) is 19.3 Å². The van der Waals surface area contributed by atoms with Crippen molar-refractivity contribution >= 4 is 5.91 Å². The van der Waals surface area contributed by atoms with Gasteiger partial charge in [-0.05, 0) is 38.5 Å². The highest BCUT2D eigenvalue weighted by molar-refractivity contribution is 5.80. The molecule has 0 spiro atoms. The second kappa shape index (κ2) is 46.9. The lowest BCUT2D eigenvalue weighted by atomic mass is 9.98. The van der Waals surface area contributed by atoms with Crippen LogP contribution in [-0.4, -0.2) is 110 Å². The predicted molar refractivity (Wildman–Crippen MR) is 279 cm³/mol. The van der Waals surface area contributed by atoms with Crippen molar-refractivity contribution in [3.63, 3.8) is 0 Å². The van der Waals surface area contributed by atoms with Gasteiger partial charge in [0, 0.05) is 0 Å². The standard InChI is InChI=1S/C57H111NO10/c1-3-5-7-9-10-11-12-13-14-15-16-17-18-19-20-21-22-23-24-25-26-27-28-29-30-31-32-33-34-35-36-37-38-39-41-43-45-50(61)56(66)58-48(52(62)49(60)44-42-40-8-6-4-2)47-67-57-55(65)54(64)53(63)51(46-59)68-57/h23-24,48-55,57,59-65H,3-22,25-47H2,1-2H3,(H,58,66)/b24-23-. The molecule has 1 aliphatic rings. The average molecular weight is 971 g/mol. The van der Waals surface area contributed by atoms with Crippen molar-refractivity contribution in [2.24, 2.45) is 0 Å². The molecule has 1 aliphatic heterocycles. The third-order valence-electron chi connectivity index (χ3n) is 14.3. The lowest BCUT2D eigenvalue weighted by Crippen LogP contribution is -2.60. The molecule has 1 fully saturated rings. The molecule has 11 heteroatoms. The zero-order chi connectivity index (χ0) is 49.7. The first-order chi connectivity index (χ1) is 33.2. The Hall–Kier alpha value is -1.15. The fourth-order valence-corrected chi connectivity index (χ4v) is 9.56. The lowest BCUT2D eigenvalue weighted by Gasteiger charge is -2.40. The van der Waals surface area contributed by atoms with Crippen molar-refractivity contribution in [2.75, 3.05) is 13.2 Å². The van der Waals surface area contributed by atoms with Gasteiger partial charge in [0.05, 0.1) is 25.4 Å². The average Bonchev–Trinajstić information content (AvgIpc) is 3.34. The van der Waals surface area contributed by atoms with E-state index in [-0.39, 0.29) is 6.42 Å². The SMILES string of the molecule is CCCCCCCCCCCCCCCCCC/C=C\CCCCCCCCCCCCCCCCCCC(O)C(=O)NC(COC1OC(CO)C(O)C(O)C1O)C(O)C(O)CCCCCCC. The number of ether oxygens (including phenoxy) is 2. The lowest BCUT2D eigenvalue weighted by molar-refractivity contribution is -0.303. The Balaban J connectivity index is 2.03. The second-order valence-electron chi connectivity index (χ2n) is 20.7. The van der Waals surface area contributed by atoms with E-state index in [1.165, 1.54) is 193 Å². The van der Waals surface area contributed by atoms with Gasteiger partial charge in [0.1, 0.15) is 36.6 Å². The molecular formula is C57H111NO10. The van der Waals surface area contributed by atoms with Gasteiger partial charge >= 0.3 is 0 Å². The van der Waals surface area contributed by atoms with Gasteiger partial charge < -0.3 is 50.5 Å². The monoisotopic (exact) mass is 970 g/mol. The van der Waals surface area contributed by atoms with Gasteiger partial charge in [-0.3, -0.25) is 4.79 Å². The highest BCUT2D eigenvalue weighted by atomic mass is 16.7. The van der Waals surface area contributed by atoms with Crippen LogP contribution in [0.25, 0.3) is 0 Å². The summed E-state index contributed by atoms with van der Waals surface area (Å²) < 4.78 is 11.0. The summed E-state index contributed by atoms with van der Waals surface area (Å²) in [7, 11) is 0. The third kappa shape index (κ3) is 35.1. The Morgan fingerprint density at radius 1 is 0.500 bits per heavy atom. The zero-order valence-corrected chi connectivity index (χ0v) is 44.1. The van der Waals surface area contributed by atoms with Crippen molar-refractivity contribution in [3.8, 4) is 0 Å². The Labute approximate surface area is 417 Å². The number of carbonyl (C=O) groups excluding carboxylic acids is 1. The number of allylic oxidation sites excluding steroid dienone is 2. The van der Waals surface area contributed by atoms with Crippen LogP contribution in [-0.2, 0) is 14.3 Å². The smallest absolute Gasteiger partial charge is 0.249 e. The number of rotatable bonds is 50. The number of aliphatic hydroxyl groups is 7. The third-order valence-corrected chi connectivity index (χ3v) is 14.3.